The first-order chi connectivity index (χ1) is 11.2. The minimum atomic E-state index is 0. The van der Waals surface area contributed by atoms with E-state index in [1.165, 1.54) is 0 Å². The predicted octanol–water partition coefficient (Wildman–Crippen LogP) is 2.82. The van der Waals surface area contributed by atoms with Gasteiger partial charge in [0.15, 0.2) is 11.5 Å². The van der Waals surface area contributed by atoms with Crippen molar-refractivity contribution in [2.75, 3.05) is 40.1 Å². The van der Waals surface area contributed by atoms with Gasteiger partial charge in [0.1, 0.15) is 0 Å². The number of nitrogens with one attached hydrogen (secondary N) is 1. The van der Waals surface area contributed by atoms with Crippen molar-refractivity contribution in [2.24, 2.45) is 0 Å². The summed E-state index contributed by atoms with van der Waals surface area (Å²) in [5, 5.41) is 3.33. The third-order valence-electron chi connectivity index (χ3n) is 4.19. The zero-order valence-electron chi connectivity index (χ0n) is 14.5. The molecule has 0 aliphatic carbocycles. The molecule has 1 aromatic rings. The number of piperidine rings is 1. The lowest BCUT2D eigenvalue weighted by atomic mass is 10.1. The molecule has 0 bridgehead atoms. The van der Waals surface area contributed by atoms with E-state index in [4.69, 9.17) is 9.47 Å². The smallest absolute Gasteiger partial charge is 0.223 e. The van der Waals surface area contributed by atoms with E-state index >= 15 is 0 Å². The minimum Gasteiger partial charge on any atom is -0.493 e. The van der Waals surface area contributed by atoms with E-state index in [2.05, 4.69) is 5.32 Å². The molecule has 136 valence electrons. The number of nitrogens with zero attached hydrogens (tertiary/aromatic N) is 1. The number of rotatable bonds is 7. The molecule has 24 heavy (non-hydrogen) atoms. The second kappa shape index (κ2) is 10.7. The first-order valence-electron chi connectivity index (χ1n) is 7.97. The molecule has 0 unspecified atom stereocenters. The Hall–Kier alpha value is -1.11. The Labute approximate surface area is 154 Å². The van der Waals surface area contributed by atoms with Gasteiger partial charge >= 0.3 is 0 Å². The number of thioether (sulfide) groups is 1. The Morgan fingerprint density at radius 2 is 1.92 bits per heavy atom. The number of hydrogen-bond acceptors (Lipinski definition) is 5. The fourth-order valence-electron chi connectivity index (χ4n) is 2.74. The van der Waals surface area contributed by atoms with Crippen LogP contribution in [-0.2, 0) is 4.79 Å². The molecule has 0 aromatic heterocycles. The van der Waals surface area contributed by atoms with Crippen LogP contribution >= 0.6 is 24.2 Å². The number of benzene rings is 1. The second-order valence-corrected chi connectivity index (χ2v) is 6.77. The second-order valence-electron chi connectivity index (χ2n) is 5.60. The van der Waals surface area contributed by atoms with Crippen LogP contribution in [0.5, 0.6) is 11.5 Å². The molecule has 1 aliphatic heterocycles. The number of hydrogen-bond donors (Lipinski definition) is 1. The van der Waals surface area contributed by atoms with Crippen LogP contribution in [0.25, 0.3) is 0 Å². The number of carbonyl (C=O) groups excluding carboxylic acids is 1. The van der Waals surface area contributed by atoms with Gasteiger partial charge in [-0.2, -0.15) is 0 Å². The summed E-state index contributed by atoms with van der Waals surface area (Å²) in [5.41, 5.74) is 0. The molecule has 1 aliphatic rings. The van der Waals surface area contributed by atoms with Crippen LogP contribution < -0.4 is 14.8 Å². The third kappa shape index (κ3) is 5.76. The van der Waals surface area contributed by atoms with Crippen molar-refractivity contribution in [3.8, 4) is 11.5 Å². The Bertz CT molecular complexity index is 525. The van der Waals surface area contributed by atoms with Crippen LogP contribution in [0.4, 0.5) is 0 Å². The molecule has 0 saturated carbocycles. The fraction of sp³-hybridized carbons (Fsp3) is 0.588. The van der Waals surface area contributed by atoms with E-state index < -0.39 is 0 Å². The molecular weight excluding hydrogens is 348 g/mol. The van der Waals surface area contributed by atoms with E-state index in [0.717, 1.165) is 48.1 Å². The molecule has 0 atom stereocenters. The topological polar surface area (TPSA) is 50.8 Å². The van der Waals surface area contributed by atoms with E-state index in [1.54, 1.807) is 26.0 Å². The Balaban J connectivity index is 0.00000288. The van der Waals surface area contributed by atoms with Crippen LogP contribution in [0.15, 0.2) is 23.1 Å². The highest BCUT2D eigenvalue weighted by atomic mass is 35.5. The molecule has 0 spiro atoms. The van der Waals surface area contributed by atoms with Gasteiger partial charge in [0.2, 0.25) is 5.91 Å². The lowest BCUT2D eigenvalue weighted by Crippen LogP contribution is -2.44. The van der Waals surface area contributed by atoms with Gasteiger partial charge in [0.25, 0.3) is 0 Å². The quantitative estimate of drug-likeness (QED) is 0.744. The van der Waals surface area contributed by atoms with Crippen molar-refractivity contribution in [1.29, 1.82) is 0 Å². The van der Waals surface area contributed by atoms with Crippen LogP contribution in [0.1, 0.15) is 19.3 Å². The summed E-state index contributed by atoms with van der Waals surface area (Å²) in [6.07, 6.45) is 2.65. The first-order valence-corrected chi connectivity index (χ1v) is 8.95. The van der Waals surface area contributed by atoms with Crippen LogP contribution in [0.3, 0.4) is 0 Å². The zero-order chi connectivity index (χ0) is 16.7. The number of amides is 1. The monoisotopic (exact) mass is 374 g/mol. The molecule has 1 saturated heterocycles. The molecule has 1 N–H and O–H groups in total. The van der Waals surface area contributed by atoms with Crippen molar-refractivity contribution in [3.05, 3.63) is 18.2 Å². The van der Waals surface area contributed by atoms with Crippen molar-refractivity contribution in [1.82, 2.24) is 10.2 Å². The summed E-state index contributed by atoms with van der Waals surface area (Å²) in [7, 11) is 5.18. The van der Waals surface area contributed by atoms with E-state index in [0.29, 0.717) is 12.5 Å². The SMILES string of the molecule is COc1ccc(SCCC(=O)N(C)C2CCNCC2)cc1OC.Cl. The Morgan fingerprint density at radius 1 is 1.25 bits per heavy atom. The first kappa shape index (κ1) is 20.9. The normalized spacial score (nSPS) is 14.6. The molecule has 1 amide bonds. The minimum absolute atomic E-state index is 0. The fourth-order valence-corrected chi connectivity index (χ4v) is 3.60. The highest BCUT2D eigenvalue weighted by Gasteiger charge is 2.21. The Kier molecular flexibility index (Phi) is 9.33. The number of ether oxygens (including phenoxy) is 2. The summed E-state index contributed by atoms with van der Waals surface area (Å²) in [5.74, 6) is 2.43. The maximum absolute atomic E-state index is 12.3. The van der Waals surface area contributed by atoms with Gasteiger partial charge in [0, 0.05) is 30.2 Å². The number of methoxy groups -OCH3 is 2. The van der Waals surface area contributed by atoms with Gasteiger partial charge in [-0.25, -0.2) is 0 Å². The average Bonchev–Trinajstić information content (AvgIpc) is 2.61. The summed E-state index contributed by atoms with van der Waals surface area (Å²) in [6, 6.07) is 6.22. The maximum atomic E-state index is 12.3. The van der Waals surface area contributed by atoms with Crippen molar-refractivity contribution in [3.63, 3.8) is 0 Å². The summed E-state index contributed by atoms with van der Waals surface area (Å²) < 4.78 is 10.5. The number of carbonyl (C=O) groups is 1. The third-order valence-corrected chi connectivity index (χ3v) is 5.18. The standard InChI is InChI=1S/C17H26N2O3S.ClH/c1-19(13-6-9-18-10-7-13)17(20)8-11-23-14-4-5-15(21-2)16(12-14)22-3;/h4-5,12-13,18H,6-11H2,1-3H3;1H. The molecule has 1 fully saturated rings. The van der Waals surface area contributed by atoms with Crippen molar-refractivity contribution < 1.29 is 14.3 Å². The van der Waals surface area contributed by atoms with Crippen LogP contribution in [-0.4, -0.2) is 57.0 Å². The lowest BCUT2D eigenvalue weighted by Gasteiger charge is -2.31. The molecular formula is C17H27ClN2O3S. The summed E-state index contributed by atoms with van der Waals surface area (Å²) in [4.78, 5) is 15.3. The van der Waals surface area contributed by atoms with Gasteiger partial charge in [-0.05, 0) is 44.1 Å². The summed E-state index contributed by atoms with van der Waals surface area (Å²) in [6.45, 7) is 2.01. The van der Waals surface area contributed by atoms with Gasteiger partial charge in [-0.3, -0.25) is 4.79 Å². The van der Waals surface area contributed by atoms with Gasteiger partial charge in [0.05, 0.1) is 14.2 Å². The molecule has 7 heteroatoms. The highest BCUT2D eigenvalue weighted by molar-refractivity contribution is 7.99. The van der Waals surface area contributed by atoms with Crippen LogP contribution in [0, 0.1) is 0 Å². The van der Waals surface area contributed by atoms with Gasteiger partial charge in [-0.15, -0.1) is 24.2 Å². The summed E-state index contributed by atoms with van der Waals surface area (Å²) >= 11 is 1.67. The molecule has 1 aromatic carbocycles. The molecule has 0 radical (unpaired) electrons. The maximum Gasteiger partial charge on any atom is 0.223 e. The van der Waals surface area contributed by atoms with Crippen LogP contribution in [0.2, 0.25) is 0 Å². The average molecular weight is 375 g/mol. The highest BCUT2D eigenvalue weighted by Crippen LogP contribution is 2.32. The van der Waals surface area contributed by atoms with E-state index in [1.807, 2.05) is 30.1 Å². The molecule has 1 heterocycles. The van der Waals surface area contributed by atoms with Crippen molar-refractivity contribution >= 4 is 30.1 Å². The van der Waals surface area contributed by atoms with Gasteiger partial charge in [-0.1, -0.05) is 0 Å². The van der Waals surface area contributed by atoms with E-state index in [-0.39, 0.29) is 18.3 Å². The van der Waals surface area contributed by atoms with Crippen molar-refractivity contribution in [2.45, 2.75) is 30.2 Å². The lowest BCUT2D eigenvalue weighted by molar-refractivity contribution is -0.131. The molecule has 2 rings (SSSR count). The largest absolute Gasteiger partial charge is 0.493 e. The molecule has 5 nitrogen and oxygen atoms in total. The Morgan fingerprint density at radius 3 is 2.54 bits per heavy atom. The number of halogens is 1. The van der Waals surface area contributed by atoms with Gasteiger partial charge < -0.3 is 19.7 Å². The zero-order valence-corrected chi connectivity index (χ0v) is 16.2. The predicted molar refractivity (Wildman–Crippen MR) is 101 cm³/mol. The van der Waals surface area contributed by atoms with E-state index in [9.17, 15) is 4.79 Å².